The Balaban J connectivity index is 1.64. The minimum Gasteiger partial charge on any atom is -0.369 e. The van der Waals surface area contributed by atoms with E-state index in [4.69, 9.17) is 0 Å². The molecule has 0 saturated heterocycles. The standard InChI is InChI=1S/C17H20BrN7O2S/c1-28(26,27)23-8-12-3-2-4-13(7-12)24-17-21-10-15(18)16(25-17)20-6-5-14-9-19-11-22-14/h2-4,7,9-11,23H,5-6,8H2,1H3,(H,19,22)(H2,20,21,24,25). The van der Waals surface area contributed by atoms with Crippen molar-refractivity contribution in [2.24, 2.45) is 0 Å². The van der Waals surface area contributed by atoms with Gasteiger partial charge in [0.25, 0.3) is 0 Å². The summed E-state index contributed by atoms with van der Waals surface area (Å²) >= 11 is 3.44. The maximum atomic E-state index is 11.2. The normalized spacial score (nSPS) is 11.4. The summed E-state index contributed by atoms with van der Waals surface area (Å²) in [6.45, 7) is 0.891. The molecule has 0 spiro atoms. The first-order valence-electron chi connectivity index (χ1n) is 8.44. The number of nitrogens with zero attached hydrogens (tertiary/aromatic N) is 3. The summed E-state index contributed by atoms with van der Waals surface area (Å²) in [7, 11) is -3.24. The average molecular weight is 466 g/mol. The molecule has 11 heteroatoms. The van der Waals surface area contributed by atoms with E-state index in [-0.39, 0.29) is 6.54 Å². The molecule has 0 aliphatic rings. The second-order valence-electron chi connectivity index (χ2n) is 6.05. The molecular formula is C17H20BrN7O2S. The molecule has 0 aliphatic heterocycles. The molecule has 0 amide bonds. The molecule has 3 aromatic rings. The lowest BCUT2D eigenvalue weighted by Crippen LogP contribution is -2.21. The molecule has 148 valence electrons. The van der Waals surface area contributed by atoms with Crippen molar-refractivity contribution < 1.29 is 8.42 Å². The van der Waals surface area contributed by atoms with Gasteiger partial charge in [0.1, 0.15) is 5.82 Å². The van der Waals surface area contributed by atoms with E-state index in [1.165, 1.54) is 0 Å². The summed E-state index contributed by atoms with van der Waals surface area (Å²) in [4.78, 5) is 15.9. The fraction of sp³-hybridized carbons (Fsp3) is 0.235. The highest BCUT2D eigenvalue weighted by atomic mass is 79.9. The SMILES string of the molecule is CS(=O)(=O)NCc1cccc(Nc2ncc(Br)c(NCCc3c[nH]cn3)n2)c1. The summed E-state index contributed by atoms with van der Waals surface area (Å²) in [5.41, 5.74) is 2.55. The van der Waals surface area contributed by atoms with Crippen LogP contribution in [0.25, 0.3) is 0 Å². The van der Waals surface area contributed by atoms with E-state index >= 15 is 0 Å². The van der Waals surface area contributed by atoms with Gasteiger partial charge in [-0.25, -0.2) is 23.1 Å². The van der Waals surface area contributed by atoms with Gasteiger partial charge in [0.2, 0.25) is 16.0 Å². The van der Waals surface area contributed by atoms with Crippen LogP contribution in [0.2, 0.25) is 0 Å². The molecule has 4 N–H and O–H groups in total. The zero-order valence-corrected chi connectivity index (χ0v) is 17.5. The van der Waals surface area contributed by atoms with Crippen LogP contribution in [0.5, 0.6) is 0 Å². The van der Waals surface area contributed by atoms with Crippen molar-refractivity contribution in [1.29, 1.82) is 0 Å². The van der Waals surface area contributed by atoms with Crippen LogP contribution < -0.4 is 15.4 Å². The van der Waals surface area contributed by atoms with Crippen LogP contribution in [0.1, 0.15) is 11.3 Å². The number of aromatic nitrogens is 4. The molecule has 0 fully saturated rings. The van der Waals surface area contributed by atoms with Crippen molar-refractivity contribution in [2.75, 3.05) is 23.4 Å². The van der Waals surface area contributed by atoms with E-state index in [0.717, 1.165) is 34.1 Å². The number of imidazole rings is 1. The first-order chi connectivity index (χ1) is 13.4. The summed E-state index contributed by atoms with van der Waals surface area (Å²) in [5.74, 6) is 1.10. The topological polar surface area (TPSA) is 125 Å². The first-order valence-corrected chi connectivity index (χ1v) is 11.1. The number of rotatable bonds is 9. The molecule has 0 saturated carbocycles. The second kappa shape index (κ2) is 9.13. The smallest absolute Gasteiger partial charge is 0.229 e. The molecule has 28 heavy (non-hydrogen) atoms. The van der Waals surface area contributed by atoms with Crippen LogP contribution in [-0.2, 0) is 23.0 Å². The van der Waals surface area contributed by atoms with E-state index in [2.05, 4.69) is 51.2 Å². The van der Waals surface area contributed by atoms with Crippen molar-refractivity contribution in [3.05, 3.63) is 58.7 Å². The molecule has 1 aromatic carbocycles. The van der Waals surface area contributed by atoms with Crippen molar-refractivity contribution >= 4 is 43.4 Å². The Morgan fingerprint density at radius 2 is 2.11 bits per heavy atom. The van der Waals surface area contributed by atoms with Gasteiger partial charge in [-0.15, -0.1) is 0 Å². The van der Waals surface area contributed by atoms with Gasteiger partial charge < -0.3 is 15.6 Å². The maximum Gasteiger partial charge on any atom is 0.229 e. The minimum absolute atomic E-state index is 0.218. The van der Waals surface area contributed by atoms with E-state index in [1.54, 1.807) is 12.5 Å². The van der Waals surface area contributed by atoms with E-state index < -0.39 is 10.0 Å². The van der Waals surface area contributed by atoms with Gasteiger partial charge in [-0.1, -0.05) is 12.1 Å². The molecule has 9 nitrogen and oxygen atoms in total. The third-order valence-corrected chi connectivity index (χ3v) is 4.94. The molecule has 0 radical (unpaired) electrons. The number of hydrogen-bond donors (Lipinski definition) is 4. The third kappa shape index (κ3) is 6.29. The molecule has 0 atom stereocenters. The number of hydrogen-bond acceptors (Lipinski definition) is 7. The first kappa shape index (κ1) is 20.2. The van der Waals surface area contributed by atoms with E-state index in [1.807, 2.05) is 30.5 Å². The lowest BCUT2D eigenvalue weighted by Gasteiger charge is -2.11. The molecule has 0 aliphatic carbocycles. The van der Waals surface area contributed by atoms with Crippen LogP contribution in [0.15, 0.2) is 47.5 Å². The predicted molar refractivity (Wildman–Crippen MR) is 112 cm³/mol. The lowest BCUT2D eigenvalue weighted by atomic mass is 10.2. The maximum absolute atomic E-state index is 11.2. The van der Waals surface area contributed by atoms with Gasteiger partial charge in [-0.2, -0.15) is 4.98 Å². The number of sulfonamides is 1. The Labute approximate surface area is 171 Å². The van der Waals surface area contributed by atoms with Crippen LogP contribution in [0.4, 0.5) is 17.5 Å². The van der Waals surface area contributed by atoms with Gasteiger partial charge in [0, 0.05) is 37.6 Å². The molecule has 3 rings (SSSR count). The highest BCUT2D eigenvalue weighted by Crippen LogP contribution is 2.22. The van der Waals surface area contributed by atoms with Crippen LogP contribution >= 0.6 is 15.9 Å². The lowest BCUT2D eigenvalue weighted by molar-refractivity contribution is 0.587. The molecule has 2 heterocycles. The number of nitrogens with one attached hydrogen (secondary N) is 4. The van der Waals surface area contributed by atoms with Gasteiger partial charge in [-0.3, -0.25) is 0 Å². The third-order valence-electron chi connectivity index (χ3n) is 3.69. The Hall–Kier alpha value is -2.50. The Kier molecular flexibility index (Phi) is 6.60. The Bertz CT molecular complexity index is 1030. The van der Waals surface area contributed by atoms with Gasteiger partial charge in [-0.05, 0) is 33.6 Å². The monoisotopic (exact) mass is 465 g/mol. The fourth-order valence-electron chi connectivity index (χ4n) is 2.39. The van der Waals surface area contributed by atoms with Crippen molar-refractivity contribution in [3.63, 3.8) is 0 Å². The zero-order valence-electron chi connectivity index (χ0n) is 15.1. The molecule has 0 unspecified atom stereocenters. The van der Waals surface area contributed by atoms with Gasteiger partial charge in [0.15, 0.2) is 0 Å². The largest absolute Gasteiger partial charge is 0.369 e. The average Bonchev–Trinajstić information content (AvgIpc) is 3.16. The quantitative estimate of drug-likeness (QED) is 0.382. The van der Waals surface area contributed by atoms with Crippen molar-refractivity contribution in [2.45, 2.75) is 13.0 Å². The molecule has 0 bridgehead atoms. The molecule has 2 aromatic heterocycles. The van der Waals surface area contributed by atoms with E-state index in [0.29, 0.717) is 18.3 Å². The highest BCUT2D eigenvalue weighted by molar-refractivity contribution is 9.10. The summed E-state index contributed by atoms with van der Waals surface area (Å²) in [6, 6.07) is 7.38. The van der Waals surface area contributed by atoms with Gasteiger partial charge >= 0.3 is 0 Å². The number of aromatic amines is 1. The predicted octanol–water partition coefficient (Wildman–Crippen LogP) is 2.41. The summed E-state index contributed by atoms with van der Waals surface area (Å²) < 4.78 is 25.7. The van der Waals surface area contributed by atoms with E-state index in [9.17, 15) is 8.42 Å². The fourth-order valence-corrected chi connectivity index (χ4v) is 3.15. The minimum atomic E-state index is -3.24. The van der Waals surface area contributed by atoms with Crippen LogP contribution in [-0.4, -0.2) is 41.2 Å². The Morgan fingerprint density at radius 1 is 1.25 bits per heavy atom. The Morgan fingerprint density at radius 3 is 2.86 bits per heavy atom. The second-order valence-corrected chi connectivity index (χ2v) is 8.73. The van der Waals surface area contributed by atoms with Crippen molar-refractivity contribution in [1.82, 2.24) is 24.7 Å². The van der Waals surface area contributed by atoms with Crippen molar-refractivity contribution in [3.8, 4) is 0 Å². The summed E-state index contributed by atoms with van der Waals surface area (Å²) in [6.07, 6.45) is 7.07. The number of halogens is 1. The van der Waals surface area contributed by atoms with Gasteiger partial charge in [0.05, 0.1) is 22.7 Å². The number of benzene rings is 1. The number of anilines is 3. The molecular weight excluding hydrogens is 446 g/mol. The summed E-state index contributed by atoms with van der Waals surface area (Å²) in [5, 5.41) is 6.39. The number of H-pyrrole nitrogens is 1. The van der Waals surface area contributed by atoms with Crippen LogP contribution in [0, 0.1) is 0 Å². The van der Waals surface area contributed by atoms with Crippen LogP contribution in [0.3, 0.4) is 0 Å². The zero-order chi connectivity index (χ0) is 20.0. The highest BCUT2D eigenvalue weighted by Gasteiger charge is 2.07.